The van der Waals surface area contributed by atoms with Gasteiger partial charge in [0.05, 0.1) is 0 Å². The first-order chi connectivity index (χ1) is 11.4. The number of rotatable bonds is 4. The van der Waals surface area contributed by atoms with Gasteiger partial charge in [-0.1, -0.05) is 0 Å². The second kappa shape index (κ2) is 6.79. The molecule has 2 fully saturated rings. The summed E-state index contributed by atoms with van der Waals surface area (Å²) < 4.78 is 26.9. The van der Waals surface area contributed by atoms with Crippen LogP contribution in [0, 0.1) is 0 Å². The second-order valence-corrected chi connectivity index (χ2v) is 8.64. The van der Waals surface area contributed by atoms with Gasteiger partial charge in [-0.05, 0) is 24.3 Å². The molecule has 0 radical (unpaired) electrons. The van der Waals surface area contributed by atoms with Crippen molar-refractivity contribution in [2.24, 2.45) is 0 Å². The Labute approximate surface area is 144 Å². The Morgan fingerprint density at radius 2 is 1.96 bits per heavy atom. The topological polar surface area (TPSA) is 107 Å². The van der Waals surface area contributed by atoms with Gasteiger partial charge in [0.1, 0.15) is 15.8 Å². The summed E-state index contributed by atoms with van der Waals surface area (Å²) in [5.74, 6) is -1.45. The van der Waals surface area contributed by atoms with Crippen LogP contribution in [0.1, 0.15) is 22.5 Å². The highest BCUT2D eigenvalue weighted by Crippen LogP contribution is 2.28. The van der Waals surface area contributed by atoms with E-state index in [1.165, 1.54) is 15.3 Å². The Bertz CT molecular complexity index is 739. The van der Waals surface area contributed by atoms with Crippen LogP contribution in [0.5, 0.6) is 0 Å². The highest BCUT2D eigenvalue weighted by Gasteiger charge is 2.35. The van der Waals surface area contributed by atoms with Gasteiger partial charge in [0.25, 0.3) is 5.91 Å². The average Bonchev–Trinajstić information content (AvgIpc) is 3.26. The summed E-state index contributed by atoms with van der Waals surface area (Å²) in [5, 5.41) is 13.5. The van der Waals surface area contributed by atoms with Crippen molar-refractivity contribution in [3.05, 3.63) is 16.3 Å². The molecular formula is C14H19N3O5S2. The van der Waals surface area contributed by atoms with E-state index < -0.39 is 27.9 Å². The fourth-order valence-corrected chi connectivity index (χ4v) is 5.85. The smallest absolute Gasteiger partial charge is 0.322 e. The van der Waals surface area contributed by atoms with Gasteiger partial charge >= 0.3 is 5.97 Å². The lowest BCUT2D eigenvalue weighted by Crippen LogP contribution is -2.55. The molecule has 0 aromatic carbocycles. The standard InChI is InChI=1S/C14H19N3O5S2/c18-13(16-7-4-15-10(9-16)14(19)20)12-11(3-8-23-12)24(21,22)17-5-1-2-6-17/h3,8,10,15H,1-2,4-7,9H2,(H,19,20). The molecular weight excluding hydrogens is 354 g/mol. The van der Waals surface area contributed by atoms with E-state index in [0.29, 0.717) is 26.2 Å². The molecule has 2 N–H and O–H groups in total. The molecule has 3 rings (SSSR count). The molecule has 10 heteroatoms. The number of carbonyl (C=O) groups excluding carboxylic acids is 1. The maximum absolute atomic E-state index is 12.7. The molecule has 0 saturated carbocycles. The number of carbonyl (C=O) groups is 2. The minimum atomic E-state index is -3.68. The monoisotopic (exact) mass is 373 g/mol. The van der Waals surface area contributed by atoms with Crippen molar-refractivity contribution in [2.75, 3.05) is 32.7 Å². The fraction of sp³-hybridized carbons (Fsp3) is 0.571. The lowest BCUT2D eigenvalue weighted by molar-refractivity contribution is -0.140. The zero-order valence-corrected chi connectivity index (χ0v) is 14.6. The average molecular weight is 373 g/mol. The molecule has 0 bridgehead atoms. The van der Waals surface area contributed by atoms with Crippen molar-refractivity contribution in [2.45, 2.75) is 23.8 Å². The van der Waals surface area contributed by atoms with Gasteiger partial charge in [-0.15, -0.1) is 11.3 Å². The predicted octanol–water partition coefficient (Wildman–Crippen LogP) is 0.0312. The second-order valence-electron chi connectivity index (χ2n) is 5.82. The van der Waals surface area contributed by atoms with E-state index in [1.54, 1.807) is 5.38 Å². The number of hydrogen-bond donors (Lipinski definition) is 2. The van der Waals surface area contributed by atoms with Crippen molar-refractivity contribution in [3.8, 4) is 0 Å². The Hall–Kier alpha value is -1.49. The molecule has 1 unspecified atom stereocenters. The number of nitrogens with one attached hydrogen (secondary N) is 1. The number of carboxylic acids is 1. The number of sulfonamides is 1. The van der Waals surface area contributed by atoms with Gasteiger partial charge in [0.15, 0.2) is 0 Å². The number of carboxylic acid groups (broad SMARTS) is 1. The number of amides is 1. The summed E-state index contributed by atoms with van der Waals surface area (Å²) in [5.41, 5.74) is 0. The maximum atomic E-state index is 12.7. The van der Waals surface area contributed by atoms with Crippen LogP contribution in [0.25, 0.3) is 0 Å². The molecule has 0 aliphatic carbocycles. The molecule has 2 saturated heterocycles. The number of aliphatic carboxylic acids is 1. The largest absolute Gasteiger partial charge is 0.480 e. The zero-order chi connectivity index (χ0) is 17.3. The van der Waals surface area contributed by atoms with E-state index in [0.717, 1.165) is 24.2 Å². The molecule has 0 spiro atoms. The molecule has 8 nitrogen and oxygen atoms in total. The first kappa shape index (κ1) is 17.3. The third-order valence-corrected chi connectivity index (χ3v) is 7.24. The van der Waals surface area contributed by atoms with E-state index in [4.69, 9.17) is 5.11 Å². The van der Waals surface area contributed by atoms with E-state index in [-0.39, 0.29) is 16.3 Å². The summed E-state index contributed by atoms with van der Waals surface area (Å²) in [7, 11) is -3.68. The van der Waals surface area contributed by atoms with Crippen molar-refractivity contribution in [3.63, 3.8) is 0 Å². The molecule has 3 heterocycles. The van der Waals surface area contributed by atoms with Gasteiger partial charge < -0.3 is 15.3 Å². The minimum Gasteiger partial charge on any atom is -0.480 e. The number of piperazine rings is 1. The maximum Gasteiger partial charge on any atom is 0.322 e. The molecule has 24 heavy (non-hydrogen) atoms. The Kier molecular flexibility index (Phi) is 4.90. The fourth-order valence-electron chi connectivity index (χ4n) is 2.97. The SMILES string of the molecule is O=C(O)C1CN(C(=O)c2sccc2S(=O)(=O)N2CCCC2)CCN1. The van der Waals surface area contributed by atoms with Gasteiger partial charge in [0.2, 0.25) is 10.0 Å². The summed E-state index contributed by atoms with van der Waals surface area (Å²) >= 11 is 1.08. The summed E-state index contributed by atoms with van der Waals surface area (Å²) in [6.07, 6.45) is 1.65. The first-order valence-corrected chi connectivity index (χ1v) is 10.1. The molecule has 1 atom stereocenters. The summed E-state index contributed by atoms with van der Waals surface area (Å²) in [6, 6.07) is 0.629. The molecule has 2 aliphatic heterocycles. The van der Waals surface area contributed by atoms with Crippen LogP contribution in [0.2, 0.25) is 0 Å². The first-order valence-electron chi connectivity index (χ1n) is 7.74. The van der Waals surface area contributed by atoms with Crippen molar-refractivity contribution in [1.29, 1.82) is 0 Å². The van der Waals surface area contributed by atoms with E-state index in [1.807, 2.05) is 0 Å². The van der Waals surface area contributed by atoms with Gasteiger partial charge in [0, 0.05) is 32.7 Å². The quantitative estimate of drug-likeness (QED) is 0.771. The van der Waals surface area contributed by atoms with Gasteiger partial charge in [-0.2, -0.15) is 4.31 Å². The predicted molar refractivity (Wildman–Crippen MR) is 87.6 cm³/mol. The molecule has 1 aromatic rings. The van der Waals surface area contributed by atoms with E-state index in [2.05, 4.69) is 5.32 Å². The summed E-state index contributed by atoms with van der Waals surface area (Å²) in [6.45, 7) is 1.68. The lowest BCUT2D eigenvalue weighted by Gasteiger charge is -2.31. The molecule has 1 aromatic heterocycles. The van der Waals surface area contributed by atoms with Crippen LogP contribution in [0.4, 0.5) is 0 Å². The van der Waals surface area contributed by atoms with Crippen LogP contribution in [0.3, 0.4) is 0 Å². The van der Waals surface area contributed by atoms with Crippen molar-refractivity contribution >= 4 is 33.2 Å². The third-order valence-electron chi connectivity index (χ3n) is 4.27. The Morgan fingerprint density at radius 3 is 2.62 bits per heavy atom. The molecule has 1 amide bonds. The van der Waals surface area contributed by atoms with Gasteiger partial charge in [-0.3, -0.25) is 9.59 Å². The number of hydrogen-bond acceptors (Lipinski definition) is 6. The Balaban J connectivity index is 1.84. The van der Waals surface area contributed by atoms with Crippen LogP contribution in [-0.2, 0) is 14.8 Å². The van der Waals surface area contributed by atoms with Crippen molar-refractivity contribution < 1.29 is 23.1 Å². The molecule has 132 valence electrons. The normalized spacial score (nSPS) is 22.7. The number of thiophene rings is 1. The van der Waals surface area contributed by atoms with E-state index >= 15 is 0 Å². The third kappa shape index (κ3) is 3.18. The van der Waals surface area contributed by atoms with Crippen molar-refractivity contribution in [1.82, 2.24) is 14.5 Å². The lowest BCUT2D eigenvalue weighted by atomic mass is 10.2. The molecule has 2 aliphatic rings. The van der Waals surface area contributed by atoms with Crippen LogP contribution in [-0.4, -0.2) is 73.4 Å². The van der Waals surface area contributed by atoms with Gasteiger partial charge in [-0.25, -0.2) is 8.42 Å². The van der Waals surface area contributed by atoms with Crippen LogP contribution in [0.15, 0.2) is 16.3 Å². The zero-order valence-electron chi connectivity index (χ0n) is 13.0. The van der Waals surface area contributed by atoms with Crippen LogP contribution < -0.4 is 5.32 Å². The highest BCUT2D eigenvalue weighted by atomic mass is 32.2. The Morgan fingerprint density at radius 1 is 1.25 bits per heavy atom. The summed E-state index contributed by atoms with van der Waals surface area (Å²) in [4.78, 5) is 25.5. The van der Waals surface area contributed by atoms with E-state index in [9.17, 15) is 18.0 Å². The highest BCUT2D eigenvalue weighted by molar-refractivity contribution is 7.89. The number of nitrogens with zero attached hydrogens (tertiary/aromatic N) is 2. The minimum absolute atomic E-state index is 0.0231. The van der Waals surface area contributed by atoms with Crippen LogP contribution >= 0.6 is 11.3 Å².